The van der Waals surface area contributed by atoms with E-state index in [9.17, 15) is 4.79 Å². The van der Waals surface area contributed by atoms with E-state index in [0.29, 0.717) is 31.9 Å². The molecule has 8 heteroatoms. The summed E-state index contributed by atoms with van der Waals surface area (Å²) in [7, 11) is 2.88. The van der Waals surface area contributed by atoms with E-state index in [2.05, 4.69) is 15.0 Å². The highest BCUT2D eigenvalue weighted by atomic mass is 35.5. The van der Waals surface area contributed by atoms with Crippen molar-refractivity contribution in [3.63, 3.8) is 0 Å². The van der Waals surface area contributed by atoms with Crippen molar-refractivity contribution in [2.45, 2.75) is 12.8 Å². The molecule has 0 amide bonds. The van der Waals surface area contributed by atoms with Crippen LogP contribution in [0.5, 0.6) is 6.01 Å². The average Bonchev–Trinajstić information content (AvgIpc) is 2.46. The van der Waals surface area contributed by atoms with Crippen molar-refractivity contribution in [1.82, 2.24) is 15.0 Å². The maximum atomic E-state index is 11.4. The van der Waals surface area contributed by atoms with Gasteiger partial charge in [-0.2, -0.15) is 15.0 Å². The quantitative estimate of drug-likeness (QED) is 0.765. The first-order valence-corrected chi connectivity index (χ1v) is 6.30. The van der Waals surface area contributed by atoms with Crippen LogP contribution in [0.3, 0.4) is 0 Å². The molecule has 2 rings (SSSR count). The summed E-state index contributed by atoms with van der Waals surface area (Å²) in [5.74, 6) is 0.256. The molecule has 1 aliphatic rings. The highest BCUT2D eigenvalue weighted by Crippen LogP contribution is 2.23. The third kappa shape index (κ3) is 3.23. The first-order chi connectivity index (χ1) is 9.13. The fraction of sp³-hybridized carbons (Fsp3) is 0.636. The van der Waals surface area contributed by atoms with Crippen LogP contribution in [-0.4, -0.2) is 48.2 Å². The van der Waals surface area contributed by atoms with Gasteiger partial charge in [-0.25, -0.2) is 0 Å². The van der Waals surface area contributed by atoms with Gasteiger partial charge in [-0.05, 0) is 24.4 Å². The van der Waals surface area contributed by atoms with E-state index in [-0.39, 0.29) is 23.2 Å². The number of aromatic nitrogens is 3. The van der Waals surface area contributed by atoms with Gasteiger partial charge in [-0.3, -0.25) is 4.79 Å². The first kappa shape index (κ1) is 13.8. The van der Waals surface area contributed by atoms with Crippen molar-refractivity contribution in [1.29, 1.82) is 0 Å². The van der Waals surface area contributed by atoms with E-state index < -0.39 is 0 Å². The van der Waals surface area contributed by atoms with Crippen molar-refractivity contribution >= 4 is 23.5 Å². The molecule has 0 unspecified atom stereocenters. The largest absolute Gasteiger partial charge is 0.469 e. The molecular weight excluding hydrogens is 272 g/mol. The third-order valence-electron chi connectivity index (χ3n) is 3.07. The number of hydrogen-bond acceptors (Lipinski definition) is 7. The van der Waals surface area contributed by atoms with E-state index >= 15 is 0 Å². The predicted octanol–water partition coefficient (Wildman–Crippen LogP) is 0.923. The molecule has 0 atom stereocenters. The zero-order valence-corrected chi connectivity index (χ0v) is 11.6. The van der Waals surface area contributed by atoms with Gasteiger partial charge in [0.1, 0.15) is 0 Å². The molecule has 2 heterocycles. The normalized spacial score (nSPS) is 16.3. The van der Waals surface area contributed by atoms with Gasteiger partial charge in [0, 0.05) is 13.1 Å². The second kappa shape index (κ2) is 6.01. The molecule has 0 aliphatic carbocycles. The van der Waals surface area contributed by atoms with Crippen molar-refractivity contribution in [2.24, 2.45) is 5.92 Å². The molecule has 0 bridgehead atoms. The van der Waals surface area contributed by atoms with Crippen LogP contribution >= 0.6 is 11.6 Å². The van der Waals surface area contributed by atoms with Crippen LogP contribution in [0.4, 0.5) is 5.95 Å². The molecule has 7 nitrogen and oxygen atoms in total. The standard InChI is InChI=1S/C11H15ClN4O3/c1-18-8(17)7-3-5-16(6-4-7)10-13-9(12)14-11(15-10)19-2/h7H,3-6H2,1-2H3. The van der Waals surface area contributed by atoms with Gasteiger partial charge in [0.15, 0.2) is 0 Å². The summed E-state index contributed by atoms with van der Waals surface area (Å²) >= 11 is 5.81. The van der Waals surface area contributed by atoms with E-state index in [4.69, 9.17) is 21.1 Å². The lowest BCUT2D eigenvalue weighted by atomic mass is 9.97. The molecule has 1 saturated heterocycles. The molecule has 1 aromatic heterocycles. The molecule has 0 aromatic carbocycles. The number of methoxy groups -OCH3 is 2. The van der Waals surface area contributed by atoms with Gasteiger partial charge in [0.2, 0.25) is 11.2 Å². The minimum atomic E-state index is -0.161. The maximum Gasteiger partial charge on any atom is 0.322 e. The van der Waals surface area contributed by atoms with E-state index in [1.165, 1.54) is 14.2 Å². The topological polar surface area (TPSA) is 77.4 Å². The molecule has 19 heavy (non-hydrogen) atoms. The van der Waals surface area contributed by atoms with Crippen LogP contribution in [0, 0.1) is 5.92 Å². The summed E-state index contributed by atoms with van der Waals surface area (Å²) in [5.41, 5.74) is 0. The fourth-order valence-corrected chi connectivity index (χ4v) is 2.18. The molecule has 0 radical (unpaired) electrons. The number of nitrogens with zero attached hydrogens (tertiary/aromatic N) is 4. The van der Waals surface area contributed by atoms with Gasteiger partial charge in [0.05, 0.1) is 20.1 Å². The van der Waals surface area contributed by atoms with Crippen molar-refractivity contribution in [3.8, 4) is 6.01 Å². The summed E-state index contributed by atoms with van der Waals surface area (Å²) in [5, 5.41) is 0.0944. The van der Waals surface area contributed by atoms with Crippen LogP contribution in [0.15, 0.2) is 0 Å². The minimum Gasteiger partial charge on any atom is -0.469 e. The molecule has 104 valence electrons. The van der Waals surface area contributed by atoms with Gasteiger partial charge in [0.25, 0.3) is 0 Å². The summed E-state index contributed by atoms with van der Waals surface area (Å²) in [6.07, 6.45) is 1.41. The minimum absolute atomic E-state index is 0.0551. The Bertz CT molecular complexity index is 463. The Morgan fingerprint density at radius 1 is 1.26 bits per heavy atom. The van der Waals surface area contributed by atoms with Gasteiger partial charge >= 0.3 is 12.0 Å². The molecule has 1 fully saturated rings. The number of anilines is 1. The summed E-state index contributed by atoms with van der Waals surface area (Å²) in [4.78, 5) is 25.4. The fourth-order valence-electron chi connectivity index (χ4n) is 2.04. The number of ether oxygens (including phenoxy) is 2. The van der Waals surface area contributed by atoms with Gasteiger partial charge in [-0.15, -0.1) is 0 Å². The zero-order valence-electron chi connectivity index (χ0n) is 10.8. The molecule has 0 spiro atoms. The Kier molecular flexibility index (Phi) is 4.36. The molecule has 1 aromatic rings. The van der Waals surface area contributed by atoms with Crippen LogP contribution in [-0.2, 0) is 9.53 Å². The highest BCUT2D eigenvalue weighted by molar-refractivity contribution is 6.28. The van der Waals surface area contributed by atoms with Crippen molar-refractivity contribution in [3.05, 3.63) is 5.28 Å². The number of hydrogen-bond donors (Lipinski definition) is 0. The number of rotatable bonds is 3. The van der Waals surface area contributed by atoms with Crippen LogP contribution in [0.1, 0.15) is 12.8 Å². The molecule has 1 aliphatic heterocycles. The lowest BCUT2D eigenvalue weighted by Crippen LogP contribution is -2.37. The number of halogens is 1. The van der Waals surface area contributed by atoms with E-state index in [0.717, 1.165) is 0 Å². The summed E-state index contributed by atoms with van der Waals surface area (Å²) in [6, 6.07) is 0.185. The molecule has 0 saturated carbocycles. The number of carbonyl (C=O) groups excluding carboxylic acids is 1. The second-order valence-corrected chi connectivity index (χ2v) is 4.51. The van der Waals surface area contributed by atoms with Gasteiger partial charge < -0.3 is 14.4 Å². The Balaban J connectivity index is 2.05. The van der Waals surface area contributed by atoms with Crippen molar-refractivity contribution < 1.29 is 14.3 Å². The van der Waals surface area contributed by atoms with E-state index in [1.54, 1.807) is 0 Å². The Morgan fingerprint density at radius 2 is 1.95 bits per heavy atom. The predicted molar refractivity (Wildman–Crippen MR) is 68.3 cm³/mol. The Labute approximate surface area is 115 Å². The summed E-state index contributed by atoms with van der Waals surface area (Å²) in [6.45, 7) is 1.34. The lowest BCUT2D eigenvalue weighted by Gasteiger charge is -2.30. The number of piperidine rings is 1. The smallest absolute Gasteiger partial charge is 0.322 e. The number of esters is 1. The number of carbonyl (C=O) groups is 1. The second-order valence-electron chi connectivity index (χ2n) is 4.18. The van der Waals surface area contributed by atoms with Gasteiger partial charge in [-0.1, -0.05) is 0 Å². The molecule has 0 N–H and O–H groups in total. The first-order valence-electron chi connectivity index (χ1n) is 5.92. The Morgan fingerprint density at radius 3 is 2.53 bits per heavy atom. The SMILES string of the molecule is COC(=O)C1CCN(c2nc(Cl)nc(OC)n2)CC1. The van der Waals surface area contributed by atoms with Crippen LogP contribution < -0.4 is 9.64 Å². The summed E-state index contributed by atoms with van der Waals surface area (Å²) < 4.78 is 9.70. The third-order valence-corrected chi connectivity index (χ3v) is 3.24. The highest BCUT2D eigenvalue weighted by Gasteiger charge is 2.27. The molecular formula is C11H15ClN4O3. The monoisotopic (exact) mass is 286 g/mol. The van der Waals surface area contributed by atoms with Crippen LogP contribution in [0.2, 0.25) is 5.28 Å². The van der Waals surface area contributed by atoms with Crippen molar-refractivity contribution in [2.75, 3.05) is 32.2 Å². The van der Waals surface area contributed by atoms with E-state index in [1.807, 2.05) is 4.90 Å². The average molecular weight is 287 g/mol. The zero-order chi connectivity index (χ0) is 13.8. The lowest BCUT2D eigenvalue weighted by molar-refractivity contribution is -0.146. The Hall–Kier alpha value is -1.63. The maximum absolute atomic E-state index is 11.4. The van der Waals surface area contributed by atoms with Crippen LogP contribution in [0.25, 0.3) is 0 Å².